The highest BCUT2D eigenvalue weighted by Crippen LogP contribution is 2.33. The number of H-pyrrole nitrogens is 1. The zero-order valence-electron chi connectivity index (χ0n) is 8.59. The minimum atomic E-state index is 0.185. The summed E-state index contributed by atoms with van der Waals surface area (Å²) in [4.78, 5) is 4.55. The SMILES string of the molecule is c1c[nH]c(C(c2ccco2)c2cccs2)c1. The van der Waals surface area contributed by atoms with Crippen LogP contribution in [0, 0.1) is 0 Å². The molecule has 2 nitrogen and oxygen atoms in total. The molecular weight excluding hydrogens is 218 g/mol. The molecule has 3 heteroatoms. The maximum Gasteiger partial charge on any atom is 0.117 e. The second-order valence-corrected chi connectivity index (χ2v) is 4.57. The highest BCUT2D eigenvalue weighted by Gasteiger charge is 2.20. The van der Waals surface area contributed by atoms with Gasteiger partial charge in [0, 0.05) is 16.8 Å². The Morgan fingerprint density at radius 2 is 2.12 bits per heavy atom. The molecule has 0 aliphatic rings. The fourth-order valence-electron chi connectivity index (χ4n) is 1.88. The number of hydrogen-bond acceptors (Lipinski definition) is 2. The van der Waals surface area contributed by atoms with Gasteiger partial charge in [0.2, 0.25) is 0 Å². The molecule has 0 saturated carbocycles. The molecule has 0 amide bonds. The van der Waals surface area contributed by atoms with Gasteiger partial charge in [-0.2, -0.15) is 0 Å². The van der Waals surface area contributed by atoms with Gasteiger partial charge in [0.15, 0.2) is 0 Å². The Bertz CT molecular complexity index is 441. The third-order valence-corrected chi connectivity index (χ3v) is 3.53. The molecular formula is C13H11NOS. The number of rotatable bonds is 3. The fraction of sp³-hybridized carbons (Fsp3) is 0.0769. The first-order chi connectivity index (χ1) is 7.95. The molecule has 3 aromatic rings. The van der Waals surface area contributed by atoms with Crippen LogP contribution in [0.25, 0.3) is 0 Å². The lowest BCUT2D eigenvalue weighted by Crippen LogP contribution is -1.99. The molecule has 3 aromatic heterocycles. The van der Waals surface area contributed by atoms with Gasteiger partial charge in [-0.1, -0.05) is 6.07 Å². The molecule has 0 saturated heterocycles. The normalized spacial score (nSPS) is 12.8. The Hall–Kier alpha value is -1.74. The lowest BCUT2D eigenvalue weighted by atomic mass is 10.0. The van der Waals surface area contributed by atoms with E-state index in [1.165, 1.54) is 4.88 Å². The molecule has 3 heterocycles. The van der Waals surface area contributed by atoms with Crippen molar-refractivity contribution in [3.05, 3.63) is 70.6 Å². The van der Waals surface area contributed by atoms with Gasteiger partial charge in [0.25, 0.3) is 0 Å². The van der Waals surface area contributed by atoms with E-state index < -0.39 is 0 Å². The van der Waals surface area contributed by atoms with Gasteiger partial charge in [-0.15, -0.1) is 11.3 Å². The van der Waals surface area contributed by atoms with Crippen LogP contribution in [0.4, 0.5) is 0 Å². The van der Waals surface area contributed by atoms with E-state index in [1.807, 2.05) is 24.4 Å². The van der Waals surface area contributed by atoms with Crippen LogP contribution in [-0.4, -0.2) is 4.98 Å². The van der Waals surface area contributed by atoms with Gasteiger partial charge in [0.1, 0.15) is 5.76 Å². The number of hydrogen-bond donors (Lipinski definition) is 1. The fourth-order valence-corrected chi connectivity index (χ4v) is 2.73. The number of aromatic amines is 1. The smallest absolute Gasteiger partial charge is 0.117 e. The first-order valence-corrected chi connectivity index (χ1v) is 6.03. The summed E-state index contributed by atoms with van der Waals surface area (Å²) < 4.78 is 5.53. The van der Waals surface area contributed by atoms with E-state index in [1.54, 1.807) is 17.6 Å². The number of thiophene rings is 1. The molecule has 80 valence electrons. The van der Waals surface area contributed by atoms with Crippen molar-refractivity contribution < 1.29 is 4.42 Å². The molecule has 16 heavy (non-hydrogen) atoms. The van der Waals surface area contributed by atoms with Crippen LogP contribution < -0.4 is 0 Å². The first kappa shape index (κ1) is 9.48. The molecule has 0 aromatic carbocycles. The van der Waals surface area contributed by atoms with Crippen molar-refractivity contribution in [2.24, 2.45) is 0 Å². The molecule has 1 atom stereocenters. The predicted octanol–water partition coefficient (Wildman–Crippen LogP) is 3.85. The van der Waals surface area contributed by atoms with Gasteiger partial charge in [-0.25, -0.2) is 0 Å². The van der Waals surface area contributed by atoms with Gasteiger partial charge in [-0.05, 0) is 35.7 Å². The van der Waals surface area contributed by atoms with Crippen molar-refractivity contribution >= 4 is 11.3 Å². The quantitative estimate of drug-likeness (QED) is 0.726. The Balaban J connectivity index is 2.09. The average Bonchev–Trinajstić information content (AvgIpc) is 3.02. The van der Waals surface area contributed by atoms with Crippen molar-refractivity contribution in [3.63, 3.8) is 0 Å². The highest BCUT2D eigenvalue weighted by molar-refractivity contribution is 7.10. The van der Waals surface area contributed by atoms with Gasteiger partial charge >= 0.3 is 0 Å². The summed E-state index contributed by atoms with van der Waals surface area (Å²) in [5.74, 6) is 1.16. The zero-order valence-corrected chi connectivity index (χ0v) is 9.41. The van der Waals surface area contributed by atoms with Crippen LogP contribution in [0.2, 0.25) is 0 Å². The highest BCUT2D eigenvalue weighted by atomic mass is 32.1. The Morgan fingerprint density at radius 1 is 1.12 bits per heavy atom. The van der Waals surface area contributed by atoms with Gasteiger partial charge < -0.3 is 9.40 Å². The van der Waals surface area contributed by atoms with Crippen LogP contribution in [-0.2, 0) is 0 Å². The summed E-state index contributed by atoms with van der Waals surface area (Å²) in [7, 11) is 0. The standard InChI is InChI=1S/C13H11NOS/c1-4-10(14-7-1)13(11-5-2-8-15-11)12-6-3-9-16-12/h1-9,13-14H. The summed E-state index contributed by atoms with van der Waals surface area (Å²) in [6.45, 7) is 0. The minimum absolute atomic E-state index is 0.185. The Morgan fingerprint density at radius 3 is 2.75 bits per heavy atom. The van der Waals surface area contributed by atoms with Crippen molar-refractivity contribution in [1.29, 1.82) is 0 Å². The molecule has 0 spiro atoms. The summed E-state index contributed by atoms with van der Waals surface area (Å²) >= 11 is 1.75. The average molecular weight is 229 g/mol. The zero-order chi connectivity index (χ0) is 10.8. The molecule has 0 radical (unpaired) electrons. The molecule has 0 aliphatic heterocycles. The van der Waals surface area contributed by atoms with Gasteiger partial charge in [0.05, 0.1) is 12.2 Å². The molecule has 0 fully saturated rings. The van der Waals surface area contributed by atoms with Crippen LogP contribution >= 0.6 is 11.3 Å². The van der Waals surface area contributed by atoms with E-state index in [0.29, 0.717) is 0 Å². The number of aromatic nitrogens is 1. The third kappa shape index (κ3) is 1.59. The Kier molecular flexibility index (Phi) is 2.38. The molecule has 3 rings (SSSR count). The van der Waals surface area contributed by atoms with Crippen LogP contribution in [0.1, 0.15) is 22.2 Å². The van der Waals surface area contributed by atoms with Crippen molar-refractivity contribution in [3.8, 4) is 0 Å². The van der Waals surface area contributed by atoms with E-state index in [2.05, 4.69) is 28.6 Å². The summed E-state index contributed by atoms with van der Waals surface area (Å²) in [5.41, 5.74) is 1.16. The van der Waals surface area contributed by atoms with E-state index in [-0.39, 0.29) is 5.92 Å². The number of nitrogens with one attached hydrogen (secondary N) is 1. The lowest BCUT2D eigenvalue weighted by Gasteiger charge is -2.10. The third-order valence-electron chi connectivity index (χ3n) is 2.59. The maximum atomic E-state index is 5.53. The summed E-state index contributed by atoms with van der Waals surface area (Å²) in [5, 5.41) is 2.09. The van der Waals surface area contributed by atoms with Crippen molar-refractivity contribution in [2.75, 3.05) is 0 Å². The van der Waals surface area contributed by atoms with E-state index in [9.17, 15) is 0 Å². The first-order valence-electron chi connectivity index (χ1n) is 5.15. The monoisotopic (exact) mass is 229 g/mol. The molecule has 1 N–H and O–H groups in total. The lowest BCUT2D eigenvalue weighted by molar-refractivity contribution is 0.503. The van der Waals surface area contributed by atoms with Crippen molar-refractivity contribution in [2.45, 2.75) is 5.92 Å². The van der Waals surface area contributed by atoms with E-state index >= 15 is 0 Å². The minimum Gasteiger partial charge on any atom is -0.468 e. The van der Waals surface area contributed by atoms with Crippen LogP contribution in [0.15, 0.2) is 58.7 Å². The topological polar surface area (TPSA) is 28.9 Å². The molecule has 1 unspecified atom stereocenters. The predicted molar refractivity (Wildman–Crippen MR) is 64.8 cm³/mol. The second kappa shape index (κ2) is 4.02. The molecule has 0 bridgehead atoms. The second-order valence-electron chi connectivity index (χ2n) is 3.59. The van der Waals surface area contributed by atoms with E-state index in [0.717, 1.165) is 11.5 Å². The van der Waals surface area contributed by atoms with E-state index in [4.69, 9.17) is 4.42 Å². The molecule has 0 aliphatic carbocycles. The summed E-state index contributed by atoms with van der Waals surface area (Å²) in [6, 6.07) is 12.3. The summed E-state index contributed by atoms with van der Waals surface area (Å²) in [6.07, 6.45) is 3.66. The Labute approximate surface area is 97.6 Å². The van der Waals surface area contributed by atoms with Crippen LogP contribution in [0.5, 0.6) is 0 Å². The van der Waals surface area contributed by atoms with Crippen LogP contribution in [0.3, 0.4) is 0 Å². The largest absolute Gasteiger partial charge is 0.468 e. The number of furan rings is 1. The van der Waals surface area contributed by atoms with Crippen molar-refractivity contribution in [1.82, 2.24) is 4.98 Å². The maximum absolute atomic E-state index is 5.53. The van der Waals surface area contributed by atoms with Gasteiger partial charge in [-0.3, -0.25) is 0 Å².